The molecule has 5 nitrogen and oxygen atoms in total. The first-order valence-electron chi connectivity index (χ1n) is 6.44. The van der Waals surface area contributed by atoms with Crippen LogP contribution in [0.4, 0.5) is 0 Å². The van der Waals surface area contributed by atoms with E-state index < -0.39 is 15.6 Å². The summed E-state index contributed by atoms with van der Waals surface area (Å²) in [5.74, 6) is 0. The molecule has 0 aliphatic rings. The first-order valence-corrected chi connectivity index (χ1v) is 7.93. The molecule has 20 heavy (non-hydrogen) atoms. The minimum atomic E-state index is -3.69. The minimum Gasteiger partial charge on any atom is -0.389 e. The summed E-state index contributed by atoms with van der Waals surface area (Å²) in [4.78, 5) is 0.129. The molecule has 0 bridgehead atoms. The molecule has 0 fully saturated rings. The van der Waals surface area contributed by atoms with Crippen molar-refractivity contribution < 1.29 is 13.5 Å². The van der Waals surface area contributed by atoms with Crippen molar-refractivity contribution in [2.24, 2.45) is 0 Å². The lowest BCUT2D eigenvalue weighted by atomic mass is 10.0. The molecule has 2 N–H and O–H groups in total. The van der Waals surface area contributed by atoms with Gasteiger partial charge in [0.25, 0.3) is 0 Å². The van der Waals surface area contributed by atoms with Crippen molar-refractivity contribution in [2.45, 2.75) is 44.1 Å². The fraction of sp³-hybridized carbons (Fsp3) is 0.500. The summed E-state index contributed by atoms with van der Waals surface area (Å²) in [6, 6.07) is 6.36. The number of sulfonamides is 1. The summed E-state index contributed by atoms with van der Waals surface area (Å²) in [5, 5.41) is 18.8. The Hall–Kier alpha value is -1.42. The first-order chi connectivity index (χ1) is 9.22. The maximum Gasteiger partial charge on any atom is 0.240 e. The van der Waals surface area contributed by atoms with E-state index in [0.717, 1.165) is 6.42 Å². The van der Waals surface area contributed by atoms with Crippen molar-refractivity contribution in [1.82, 2.24) is 4.72 Å². The Labute approximate surface area is 120 Å². The largest absolute Gasteiger partial charge is 0.389 e. The highest BCUT2D eigenvalue weighted by atomic mass is 32.2. The molecule has 0 aliphatic heterocycles. The molecule has 0 aromatic heterocycles. The van der Waals surface area contributed by atoms with Crippen LogP contribution in [0.1, 0.15) is 37.8 Å². The summed E-state index contributed by atoms with van der Waals surface area (Å²) in [6.07, 6.45) is 1.28. The highest BCUT2D eigenvalue weighted by Gasteiger charge is 2.24. The van der Waals surface area contributed by atoms with Gasteiger partial charge in [-0.3, -0.25) is 0 Å². The van der Waals surface area contributed by atoms with Crippen LogP contribution in [0.15, 0.2) is 23.1 Å². The number of nitrogens with zero attached hydrogens (tertiary/aromatic N) is 1. The van der Waals surface area contributed by atoms with Crippen LogP contribution in [0.2, 0.25) is 0 Å². The van der Waals surface area contributed by atoms with Gasteiger partial charge in [0.2, 0.25) is 10.0 Å². The normalized spacial score (nSPS) is 14.6. The molecule has 1 aromatic carbocycles. The molecule has 0 radical (unpaired) electrons. The Morgan fingerprint density at radius 1 is 1.45 bits per heavy atom. The third kappa shape index (κ3) is 4.30. The zero-order valence-electron chi connectivity index (χ0n) is 12.0. The van der Waals surface area contributed by atoms with Crippen molar-refractivity contribution in [3.63, 3.8) is 0 Å². The van der Waals surface area contributed by atoms with E-state index in [1.807, 2.05) is 13.0 Å². The van der Waals surface area contributed by atoms with Crippen LogP contribution in [-0.2, 0) is 10.0 Å². The summed E-state index contributed by atoms with van der Waals surface area (Å²) in [5.41, 5.74) is -0.145. The average Bonchev–Trinajstić information content (AvgIpc) is 2.36. The van der Waals surface area contributed by atoms with Crippen LogP contribution in [0.5, 0.6) is 0 Å². The molecular formula is C14H20N2O3S. The summed E-state index contributed by atoms with van der Waals surface area (Å²) in [7, 11) is -3.69. The Kier molecular flexibility index (Phi) is 5.28. The molecule has 0 amide bonds. The third-order valence-electron chi connectivity index (χ3n) is 3.03. The number of rotatable bonds is 6. The van der Waals surface area contributed by atoms with E-state index in [1.54, 1.807) is 13.8 Å². The SMILES string of the molecule is CCCC(C)(O)CNS(=O)(=O)c1ccc(C#N)cc1C. The smallest absolute Gasteiger partial charge is 0.240 e. The molecular weight excluding hydrogens is 276 g/mol. The number of hydrogen-bond donors (Lipinski definition) is 2. The average molecular weight is 296 g/mol. The number of nitriles is 1. The quantitative estimate of drug-likeness (QED) is 0.836. The van der Waals surface area contributed by atoms with E-state index >= 15 is 0 Å². The van der Waals surface area contributed by atoms with E-state index in [9.17, 15) is 13.5 Å². The number of aliphatic hydroxyl groups is 1. The van der Waals surface area contributed by atoms with Crippen LogP contribution in [0.25, 0.3) is 0 Å². The van der Waals surface area contributed by atoms with Gasteiger partial charge in [0.1, 0.15) is 0 Å². The molecule has 0 heterocycles. The van der Waals surface area contributed by atoms with Crippen LogP contribution in [0, 0.1) is 18.3 Å². The summed E-state index contributed by atoms with van der Waals surface area (Å²) >= 11 is 0. The van der Waals surface area contributed by atoms with E-state index in [1.165, 1.54) is 18.2 Å². The Balaban J connectivity index is 2.93. The van der Waals surface area contributed by atoms with Crippen LogP contribution >= 0.6 is 0 Å². The standard InChI is InChI=1S/C14H20N2O3S/c1-4-7-14(3,17)10-16-20(18,19)13-6-5-12(9-15)8-11(13)2/h5-6,8,16-17H,4,7,10H2,1-3H3. The Bertz CT molecular complexity index is 616. The highest BCUT2D eigenvalue weighted by Crippen LogP contribution is 2.18. The fourth-order valence-corrected chi connectivity index (χ4v) is 3.36. The molecule has 1 rings (SSSR count). The molecule has 110 valence electrons. The molecule has 0 spiro atoms. The molecule has 1 atom stereocenters. The molecule has 0 saturated carbocycles. The second kappa shape index (κ2) is 6.35. The fourth-order valence-electron chi connectivity index (χ4n) is 1.98. The summed E-state index contributed by atoms with van der Waals surface area (Å²) in [6.45, 7) is 5.13. The van der Waals surface area contributed by atoms with E-state index in [0.29, 0.717) is 17.5 Å². The molecule has 1 unspecified atom stereocenters. The minimum absolute atomic E-state index is 0.0391. The van der Waals surface area contributed by atoms with Crippen molar-refractivity contribution in [3.8, 4) is 6.07 Å². The van der Waals surface area contributed by atoms with Gasteiger partial charge in [-0.15, -0.1) is 0 Å². The van der Waals surface area contributed by atoms with Gasteiger partial charge in [-0.05, 0) is 44.0 Å². The van der Waals surface area contributed by atoms with Gasteiger partial charge in [-0.2, -0.15) is 5.26 Å². The second-order valence-corrected chi connectivity index (χ2v) is 6.90. The Morgan fingerprint density at radius 3 is 2.60 bits per heavy atom. The predicted octanol–water partition coefficient (Wildman–Crippen LogP) is 1.70. The van der Waals surface area contributed by atoms with E-state index in [-0.39, 0.29) is 11.4 Å². The van der Waals surface area contributed by atoms with Crippen molar-refractivity contribution in [1.29, 1.82) is 5.26 Å². The lowest BCUT2D eigenvalue weighted by Crippen LogP contribution is -2.40. The third-order valence-corrected chi connectivity index (χ3v) is 4.59. The van der Waals surface area contributed by atoms with Gasteiger partial charge in [0.05, 0.1) is 22.1 Å². The molecule has 0 aliphatic carbocycles. The van der Waals surface area contributed by atoms with E-state index in [4.69, 9.17) is 5.26 Å². The van der Waals surface area contributed by atoms with Gasteiger partial charge < -0.3 is 5.11 Å². The highest BCUT2D eigenvalue weighted by molar-refractivity contribution is 7.89. The molecule has 6 heteroatoms. The van der Waals surface area contributed by atoms with Crippen molar-refractivity contribution in [2.75, 3.05) is 6.54 Å². The Morgan fingerprint density at radius 2 is 2.10 bits per heavy atom. The van der Waals surface area contributed by atoms with E-state index in [2.05, 4.69) is 4.72 Å². The van der Waals surface area contributed by atoms with Crippen LogP contribution in [0.3, 0.4) is 0 Å². The maximum absolute atomic E-state index is 12.2. The topological polar surface area (TPSA) is 90.2 Å². The lowest BCUT2D eigenvalue weighted by molar-refractivity contribution is 0.0554. The molecule has 0 saturated heterocycles. The molecule has 1 aromatic rings. The maximum atomic E-state index is 12.2. The summed E-state index contributed by atoms with van der Waals surface area (Å²) < 4.78 is 26.8. The van der Waals surface area contributed by atoms with Crippen LogP contribution in [-0.4, -0.2) is 25.7 Å². The van der Waals surface area contributed by atoms with Gasteiger partial charge in [0, 0.05) is 6.54 Å². The number of nitrogens with one attached hydrogen (secondary N) is 1. The van der Waals surface area contributed by atoms with Gasteiger partial charge in [-0.1, -0.05) is 13.3 Å². The zero-order valence-corrected chi connectivity index (χ0v) is 12.8. The second-order valence-electron chi connectivity index (χ2n) is 5.16. The number of aryl methyl sites for hydroxylation is 1. The van der Waals surface area contributed by atoms with Gasteiger partial charge >= 0.3 is 0 Å². The number of hydrogen-bond acceptors (Lipinski definition) is 4. The van der Waals surface area contributed by atoms with Gasteiger partial charge in [-0.25, -0.2) is 13.1 Å². The lowest BCUT2D eigenvalue weighted by Gasteiger charge is -2.23. The first kappa shape index (κ1) is 16.6. The van der Waals surface area contributed by atoms with Crippen LogP contribution < -0.4 is 4.72 Å². The number of benzene rings is 1. The zero-order chi connectivity index (χ0) is 15.4. The van der Waals surface area contributed by atoms with Crippen molar-refractivity contribution >= 4 is 10.0 Å². The van der Waals surface area contributed by atoms with Crippen molar-refractivity contribution in [3.05, 3.63) is 29.3 Å². The van der Waals surface area contributed by atoms with Gasteiger partial charge in [0.15, 0.2) is 0 Å². The monoisotopic (exact) mass is 296 g/mol. The predicted molar refractivity (Wildman–Crippen MR) is 76.6 cm³/mol.